The van der Waals surface area contributed by atoms with Gasteiger partial charge in [-0.05, 0) is 35.4 Å². The molecule has 0 bridgehead atoms. The van der Waals surface area contributed by atoms with E-state index in [1.807, 2.05) is 41.3 Å². The molecule has 2 heterocycles. The molecule has 3 aromatic carbocycles. The lowest BCUT2D eigenvalue weighted by Gasteiger charge is -2.36. The molecular weight excluding hydrogens is 440 g/mol. The number of rotatable bonds is 6. The smallest absolute Gasteiger partial charge is 0.233 e. The molecule has 5 rings (SSSR count). The summed E-state index contributed by atoms with van der Waals surface area (Å²) in [5.41, 5.74) is 5.43. The Morgan fingerprint density at radius 2 is 1.29 bits per heavy atom. The van der Waals surface area contributed by atoms with E-state index in [1.165, 1.54) is 28.6 Å². The molecule has 1 fully saturated rings. The highest BCUT2D eigenvalue weighted by molar-refractivity contribution is 7.99. The van der Waals surface area contributed by atoms with Crippen LogP contribution in [0.4, 0.5) is 5.69 Å². The number of carbonyl (C=O) groups excluding carboxylic acids is 1. The lowest BCUT2D eigenvalue weighted by atomic mass is 10.0. The van der Waals surface area contributed by atoms with Crippen LogP contribution in [-0.2, 0) is 4.79 Å². The van der Waals surface area contributed by atoms with Gasteiger partial charge < -0.3 is 9.80 Å². The van der Waals surface area contributed by atoms with Crippen LogP contribution < -0.4 is 4.90 Å². The van der Waals surface area contributed by atoms with Crippen molar-refractivity contribution < 1.29 is 4.79 Å². The minimum Gasteiger partial charge on any atom is -0.368 e. The third-order valence-electron chi connectivity index (χ3n) is 6.03. The second-order valence-corrected chi connectivity index (χ2v) is 9.19. The van der Waals surface area contributed by atoms with Crippen LogP contribution in [0.2, 0.25) is 0 Å². The Balaban J connectivity index is 1.13. The van der Waals surface area contributed by atoms with Crippen molar-refractivity contribution in [3.05, 3.63) is 97.1 Å². The molecule has 1 aliphatic rings. The van der Waals surface area contributed by atoms with E-state index >= 15 is 0 Å². The first kappa shape index (κ1) is 22.2. The Labute approximate surface area is 204 Å². The Kier molecular flexibility index (Phi) is 6.86. The fourth-order valence-electron chi connectivity index (χ4n) is 4.09. The van der Waals surface area contributed by atoms with Gasteiger partial charge in [0.1, 0.15) is 5.03 Å². The largest absolute Gasteiger partial charge is 0.368 e. The van der Waals surface area contributed by atoms with E-state index in [0.717, 1.165) is 42.5 Å². The maximum atomic E-state index is 12.7. The highest BCUT2D eigenvalue weighted by Crippen LogP contribution is 2.25. The van der Waals surface area contributed by atoms with Crippen LogP contribution in [0.15, 0.2) is 102 Å². The van der Waals surface area contributed by atoms with Crippen molar-refractivity contribution in [3.8, 4) is 22.4 Å². The van der Waals surface area contributed by atoms with Gasteiger partial charge in [-0.3, -0.25) is 4.79 Å². The first-order chi connectivity index (χ1) is 16.8. The third-order valence-corrected chi connectivity index (χ3v) is 6.93. The van der Waals surface area contributed by atoms with Gasteiger partial charge in [0.25, 0.3) is 0 Å². The van der Waals surface area contributed by atoms with Crippen molar-refractivity contribution in [2.45, 2.75) is 5.03 Å². The SMILES string of the molecule is O=C(CSc1ccc(-c2ccc(-c3ccccc3)cc2)nn1)N1CCN(c2ccccc2)CC1. The molecule has 170 valence electrons. The Morgan fingerprint density at radius 3 is 1.94 bits per heavy atom. The molecule has 0 atom stereocenters. The molecule has 5 nitrogen and oxygen atoms in total. The lowest BCUT2D eigenvalue weighted by molar-refractivity contribution is -0.128. The molecule has 6 heteroatoms. The molecule has 34 heavy (non-hydrogen) atoms. The molecule has 4 aromatic rings. The van der Waals surface area contributed by atoms with Crippen LogP contribution in [0, 0.1) is 0 Å². The monoisotopic (exact) mass is 466 g/mol. The van der Waals surface area contributed by atoms with Crippen molar-refractivity contribution in [1.29, 1.82) is 0 Å². The minimum atomic E-state index is 0.153. The molecule has 0 saturated carbocycles. The van der Waals surface area contributed by atoms with Gasteiger partial charge in [-0.1, -0.05) is 84.6 Å². The van der Waals surface area contributed by atoms with Crippen LogP contribution in [0.5, 0.6) is 0 Å². The molecule has 1 saturated heterocycles. The molecule has 0 spiro atoms. The second-order valence-electron chi connectivity index (χ2n) is 8.19. The average molecular weight is 467 g/mol. The van der Waals surface area contributed by atoms with E-state index in [1.54, 1.807) is 0 Å². The fraction of sp³-hybridized carbons (Fsp3) is 0.179. The number of amides is 1. The van der Waals surface area contributed by atoms with Crippen LogP contribution in [-0.4, -0.2) is 52.9 Å². The third kappa shape index (κ3) is 5.29. The van der Waals surface area contributed by atoms with Crippen LogP contribution in [0.3, 0.4) is 0 Å². The number of piperazine rings is 1. The normalized spacial score (nSPS) is 13.6. The summed E-state index contributed by atoms with van der Waals surface area (Å²) in [4.78, 5) is 17.0. The standard InChI is InChI=1S/C28H26N4OS/c33-28(32-19-17-31(18-20-32)25-9-5-2-6-10-25)21-34-27-16-15-26(29-30-27)24-13-11-23(12-14-24)22-7-3-1-4-8-22/h1-16H,17-21H2. The first-order valence-electron chi connectivity index (χ1n) is 11.5. The zero-order valence-corrected chi connectivity index (χ0v) is 19.7. The Hall–Kier alpha value is -3.64. The van der Waals surface area contributed by atoms with Gasteiger partial charge in [-0.2, -0.15) is 0 Å². The van der Waals surface area contributed by atoms with Crippen molar-refractivity contribution in [1.82, 2.24) is 15.1 Å². The number of anilines is 1. The summed E-state index contributed by atoms with van der Waals surface area (Å²) in [6.45, 7) is 3.21. The summed E-state index contributed by atoms with van der Waals surface area (Å²) in [5.74, 6) is 0.533. The van der Waals surface area contributed by atoms with Gasteiger partial charge in [-0.15, -0.1) is 10.2 Å². The zero-order valence-electron chi connectivity index (χ0n) is 18.9. The van der Waals surface area contributed by atoms with E-state index in [-0.39, 0.29) is 5.91 Å². The van der Waals surface area contributed by atoms with Crippen molar-refractivity contribution in [2.24, 2.45) is 0 Å². The molecular formula is C28H26N4OS. The van der Waals surface area contributed by atoms with Crippen molar-refractivity contribution in [3.63, 3.8) is 0 Å². The van der Waals surface area contributed by atoms with Crippen LogP contribution in [0.1, 0.15) is 0 Å². The maximum absolute atomic E-state index is 12.7. The predicted molar refractivity (Wildman–Crippen MR) is 139 cm³/mol. The Bertz CT molecular complexity index is 1210. The van der Waals surface area contributed by atoms with E-state index < -0.39 is 0 Å². The summed E-state index contributed by atoms with van der Waals surface area (Å²) in [6, 6.07) is 32.9. The fourth-order valence-corrected chi connectivity index (χ4v) is 4.81. The molecule has 1 amide bonds. The zero-order chi connectivity index (χ0) is 23.2. The highest BCUT2D eigenvalue weighted by Gasteiger charge is 2.21. The van der Waals surface area contributed by atoms with Gasteiger partial charge in [-0.25, -0.2) is 0 Å². The number of hydrogen-bond acceptors (Lipinski definition) is 5. The molecule has 0 radical (unpaired) electrons. The summed E-state index contributed by atoms with van der Waals surface area (Å²) in [6.07, 6.45) is 0. The number of nitrogens with zero attached hydrogens (tertiary/aromatic N) is 4. The molecule has 0 aliphatic carbocycles. The van der Waals surface area contributed by atoms with E-state index in [4.69, 9.17) is 0 Å². The van der Waals surface area contributed by atoms with Gasteiger partial charge >= 0.3 is 0 Å². The van der Waals surface area contributed by atoms with E-state index in [2.05, 4.69) is 75.8 Å². The van der Waals surface area contributed by atoms with Gasteiger partial charge in [0.05, 0.1) is 11.4 Å². The maximum Gasteiger partial charge on any atom is 0.233 e. The van der Waals surface area contributed by atoms with Crippen LogP contribution in [0.25, 0.3) is 22.4 Å². The van der Waals surface area contributed by atoms with E-state index in [9.17, 15) is 4.79 Å². The molecule has 1 aliphatic heterocycles. The number of para-hydroxylation sites is 1. The van der Waals surface area contributed by atoms with Crippen molar-refractivity contribution >= 4 is 23.4 Å². The number of benzene rings is 3. The topological polar surface area (TPSA) is 49.3 Å². The Morgan fingerprint density at radius 1 is 0.676 bits per heavy atom. The second kappa shape index (κ2) is 10.5. The minimum absolute atomic E-state index is 0.153. The van der Waals surface area contributed by atoms with Crippen LogP contribution >= 0.6 is 11.8 Å². The quantitative estimate of drug-likeness (QED) is 0.363. The number of carbonyl (C=O) groups is 1. The van der Waals surface area contributed by atoms with Gasteiger partial charge in [0.15, 0.2) is 0 Å². The van der Waals surface area contributed by atoms with Gasteiger partial charge in [0.2, 0.25) is 5.91 Å². The lowest BCUT2D eigenvalue weighted by Crippen LogP contribution is -2.49. The summed E-state index contributed by atoms with van der Waals surface area (Å²) < 4.78 is 0. The number of hydrogen-bond donors (Lipinski definition) is 0. The summed E-state index contributed by atoms with van der Waals surface area (Å²) >= 11 is 1.44. The summed E-state index contributed by atoms with van der Waals surface area (Å²) in [7, 11) is 0. The molecule has 1 aromatic heterocycles. The van der Waals surface area contributed by atoms with E-state index in [0.29, 0.717) is 5.75 Å². The molecule has 0 unspecified atom stereocenters. The van der Waals surface area contributed by atoms with Crippen molar-refractivity contribution in [2.75, 3.05) is 36.8 Å². The number of aromatic nitrogens is 2. The summed E-state index contributed by atoms with van der Waals surface area (Å²) in [5, 5.41) is 9.49. The van der Waals surface area contributed by atoms with Gasteiger partial charge in [0, 0.05) is 37.4 Å². The average Bonchev–Trinajstić information content (AvgIpc) is 2.93. The number of thioether (sulfide) groups is 1. The predicted octanol–water partition coefficient (Wildman–Crippen LogP) is 5.25. The first-order valence-corrected chi connectivity index (χ1v) is 12.4. The molecule has 0 N–H and O–H groups in total. The highest BCUT2D eigenvalue weighted by atomic mass is 32.2.